The van der Waals surface area contributed by atoms with E-state index in [9.17, 15) is 5.11 Å². The van der Waals surface area contributed by atoms with Gasteiger partial charge in [-0.3, -0.25) is 0 Å². The van der Waals surface area contributed by atoms with Gasteiger partial charge in [-0.2, -0.15) is 0 Å². The van der Waals surface area contributed by atoms with Gasteiger partial charge in [-0.05, 0) is 50.8 Å². The molecule has 1 aromatic rings. The molecule has 0 bridgehead atoms. The predicted molar refractivity (Wildman–Crippen MR) is 94.9 cm³/mol. The van der Waals surface area contributed by atoms with Crippen LogP contribution in [0.1, 0.15) is 52.5 Å². The topological polar surface area (TPSA) is 29.5 Å². The van der Waals surface area contributed by atoms with Crippen molar-refractivity contribution in [2.24, 2.45) is 11.3 Å². The summed E-state index contributed by atoms with van der Waals surface area (Å²) in [7, 11) is 0. The van der Waals surface area contributed by atoms with Gasteiger partial charge < -0.3 is 9.84 Å². The first-order chi connectivity index (χ1) is 10.9. The lowest BCUT2D eigenvalue weighted by Crippen LogP contribution is -2.56. The van der Waals surface area contributed by atoms with E-state index in [1.807, 2.05) is 12.1 Å². The van der Waals surface area contributed by atoms with E-state index >= 15 is 0 Å². The van der Waals surface area contributed by atoms with E-state index in [4.69, 9.17) is 4.74 Å². The fourth-order valence-corrected chi connectivity index (χ4v) is 4.37. The van der Waals surface area contributed by atoms with Crippen molar-refractivity contribution >= 4 is 0 Å². The maximum atomic E-state index is 9.80. The summed E-state index contributed by atoms with van der Waals surface area (Å²) in [6, 6.07) is 5.51. The highest BCUT2D eigenvalue weighted by Crippen LogP contribution is 2.56. The van der Waals surface area contributed by atoms with Crippen LogP contribution in [0.5, 0.6) is 11.5 Å². The Kier molecular flexibility index (Phi) is 4.03. The normalized spacial score (nSPS) is 32.8. The number of ether oxygens (including phenoxy) is 1. The second-order valence-electron chi connectivity index (χ2n) is 7.77. The summed E-state index contributed by atoms with van der Waals surface area (Å²) in [4.78, 5) is 0. The molecule has 3 atom stereocenters. The lowest BCUT2D eigenvalue weighted by Gasteiger charge is -2.51. The molecule has 3 rings (SSSR count). The van der Waals surface area contributed by atoms with E-state index < -0.39 is 0 Å². The Bertz CT molecular complexity index is 654. The molecule has 1 aliphatic carbocycles. The summed E-state index contributed by atoms with van der Waals surface area (Å²) >= 11 is 0. The van der Waals surface area contributed by atoms with Crippen LogP contribution in [0.4, 0.5) is 0 Å². The zero-order valence-electron chi connectivity index (χ0n) is 14.7. The minimum atomic E-state index is -0.201. The van der Waals surface area contributed by atoms with Crippen LogP contribution in [-0.2, 0) is 6.42 Å². The Balaban J connectivity index is 2.00. The second-order valence-corrected chi connectivity index (χ2v) is 7.77. The van der Waals surface area contributed by atoms with Crippen LogP contribution >= 0.6 is 0 Å². The van der Waals surface area contributed by atoms with Crippen molar-refractivity contribution in [3.05, 3.63) is 47.6 Å². The number of aromatic hydroxyl groups is 1. The van der Waals surface area contributed by atoms with E-state index in [1.165, 1.54) is 18.4 Å². The quantitative estimate of drug-likeness (QED) is 0.739. The highest BCUT2D eigenvalue weighted by molar-refractivity contribution is 5.45. The molecule has 0 saturated heterocycles. The highest BCUT2D eigenvalue weighted by atomic mass is 16.5. The van der Waals surface area contributed by atoms with E-state index in [0.29, 0.717) is 11.7 Å². The van der Waals surface area contributed by atoms with E-state index in [2.05, 4.69) is 45.9 Å². The van der Waals surface area contributed by atoms with Crippen LogP contribution in [-0.4, -0.2) is 10.7 Å². The van der Waals surface area contributed by atoms with Gasteiger partial charge in [0.15, 0.2) is 0 Å². The molecule has 1 aliphatic heterocycles. The van der Waals surface area contributed by atoms with Gasteiger partial charge in [0.25, 0.3) is 0 Å². The summed E-state index contributed by atoms with van der Waals surface area (Å²) in [5.41, 5.74) is 2.25. The first-order valence-corrected chi connectivity index (χ1v) is 8.70. The number of hydrogen-bond acceptors (Lipinski definition) is 2. The molecular weight excluding hydrogens is 284 g/mol. The van der Waals surface area contributed by atoms with E-state index in [-0.39, 0.29) is 11.0 Å². The van der Waals surface area contributed by atoms with Gasteiger partial charge in [0.1, 0.15) is 17.1 Å². The van der Waals surface area contributed by atoms with Gasteiger partial charge in [0.2, 0.25) is 0 Å². The van der Waals surface area contributed by atoms with Crippen LogP contribution in [0.25, 0.3) is 0 Å². The standard InChI is InChI=1S/C21H28O2/c1-15(2)7-5-11-20(4)12-6-8-16(3)21(20)14-17-13-18(22)9-10-19(17)23-21/h5,7,9-11,13,16,22H,6,8,12,14H2,1-4H3/t16-,20-,21+/m0/s1. The molecule has 1 aromatic carbocycles. The summed E-state index contributed by atoms with van der Waals surface area (Å²) in [5, 5.41) is 9.80. The Morgan fingerprint density at radius 1 is 1.35 bits per heavy atom. The zero-order chi connectivity index (χ0) is 16.7. The first-order valence-electron chi connectivity index (χ1n) is 8.70. The van der Waals surface area contributed by atoms with Crippen molar-refractivity contribution < 1.29 is 9.84 Å². The Morgan fingerprint density at radius 2 is 2.13 bits per heavy atom. The minimum Gasteiger partial charge on any atom is -0.508 e. The highest BCUT2D eigenvalue weighted by Gasteiger charge is 2.57. The number of phenolic OH excluding ortho intramolecular Hbond substituents is 1. The van der Waals surface area contributed by atoms with Crippen LogP contribution < -0.4 is 4.74 Å². The number of fused-ring (bicyclic) bond motifs is 1. The third-order valence-corrected chi connectivity index (χ3v) is 5.78. The number of benzene rings is 1. The number of allylic oxidation sites excluding steroid dienone is 3. The van der Waals surface area contributed by atoms with Crippen molar-refractivity contribution in [3.8, 4) is 11.5 Å². The molecule has 0 amide bonds. The molecular formula is C21H28O2. The number of rotatable bonds is 2. The van der Waals surface area contributed by atoms with Crippen molar-refractivity contribution in [1.29, 1.82) is 0 Å². The summed E-state index contributed by atoms with van der Waals surface area (Å²) < 4.78 is 6.59. The fourth-order valence-electron chi connectivity index (χ4n) is 4.37. The Hall–Kier alpha value is -1.70. The number of phenols is 1. The minimum absolute atomic E-state index is 0.00521. The summed E-state index contributed by atoms with van der Waals surface area (Å²) in [6.07, 6.45) is 11.2. The zero-order valence-corrected chi connectivity index (χ0v) is 14.7. The lowest BCUT2D eigenvalue weighted by molar-refractivity contribution is -0.0810. The molecule has 23 heavy (non-hydrogen) atoms. The van der Waals surface area contributed by atoms with Gasteiger partial charge in [0, 0.05) is 17.4 Å². The Morgan fingerprint density at radius 3 is 2.87 bits per heavy atom. The van der Waals surface area contributed by atoms with Crippen molar-refractivity contribution in [3.63, 3.8) is 0 Å². The molecule has 1 saturated carbocycles. The maximum Gasteiger partial charge on any atom is 0.124 e. The lowest BCUT2D eigenvalue weighted by atomic mass is 9.58. The molecule has 2 aliphatic rings. The van der Waals surface area contributed by atoms with Gasteiger partial charge >= 0.3 is 0 Å². The average Bonchev–Trinajstić information content (AvgIpc) is 2.85. The van der Waals surface area contributed by atoms with Crippen molar-refractivity contribution in [1.82, 2.24) is 0 Å². The molecule has 2 heteroatoms. The smallest absolute Gasteiger partial charge is 0.124 e. The second kappa shape index (κ2) is 5.74. The van der Waals surface area contributed by atoms with Crippen LogP contribution in [0.2, 0.25) is 0 Å². The third-order valence-electron chi connectivity index (χ3n) is 5.78. The van der Waals surface area contributed by atoms with E-state index in [0.717, 1.165) is 24.2 Å². The monoisotopic (exact) mass is 312 g/mol. The maximum absolute atomic E-state index is 9.80. The predicted octanol–water partition coefficient (Wildman–Crippen LogP) is 5.41. The van der Waals surface area contributed by atoms with Crippen LogP contribution in [0.3, 0.4) is 0 Å². The fraction of sp³-hybridized carbons (Fsp3) is 0.524. The Labute approximate surface area is 139 Å². The molecule has 1 spiro atoms. The van der Waals surface area contributed by atoms with Gasteiger partial charge in [-0.15, -0.1) is 0 Å². The van der Waals surface area contributed by atoms with Crippen LogP contribution in [0, 0.1) is 11.3 Å². The van der Waals surface area contributed by atoms with Crippen LogP contribution in [0.15, 0.2) is 42.0 Å². The van der Waals surface area contributed by atoms with Crippen molar-refractivity contribution in [2.75, 3.05) is 0 Å². The molecule has 1 fully saturated rings. The third kappa shape index (κ3) is 2.69. The number of hydrogen-bond donors (Lipinski definition) is 1. The summed E-state index contributed by atoms with van der Waals surface area (Å²) in [5.74, 6) is 1.76. The molecule has 0 aromatic heterocycles. The largest absolute Gasteiger partial charge is 0.508 e. The van der Waals surface area contributed by atoms with Gasteiger partial charge in [0.05, 0.1) is 0 Å². The molecule has 0 radical (unpaired) electrons. The first kappa shape index (κ1) is 16.2. The molecule has 2 nitrogen and oxygen atoms in total. The summed E-state index contributed by atoms with van der Waals surface area (Å²) in [6.45, 7) is 8.90. The SMILES string of the molecule is CC(C)=CC=C[C@@]1(C)CCC[C@H](C)[C@]12Cc1cc(O)ccc1O2. The molecule has 124 valence electrons. The molecule has 0 unspecified atom stereocenters. The molecule has 1 N–H and O–H groups in total. The van der Waals surface area contributed by atoms with Gasteiger partial charge in [-0.25, -0.2) is 0 Å². The molecule has 1 heterocycles. The van der Waals surface area contributed by atoms with E-state index in [1.54, 1.807) is 6.07 Å². The van der Waals surface area contributed by atoms with Crippen molar-refractivity contribution in [2.45, 2.75) is 59.0 Å². The average molecular weight is 312 g/mol. The van der Waals surface area contributed by atoms with Gasteiger partial charge in [-0.1, -0.05) is 44.1 Å².